The maximum absolute atomic E-state index is 7.55. The van der Waals surface area contributed by atoms with Crippen molar-refractivity contribution in [2.24, 2.45) is 5.73 Å². The SMILES string of the molecule is COc1ccc(C(=N)N)cc1CN(C)c1ccc(C)cc1. The van der Waals surface area contributed by atoms with Crippen LogP contribution in [0.25, 0.3) is 0 Å². The average molecular weight is 283 g/mol. The van der Waals surface area contributed by atoms with E-state index in [0.717, 1.165) is 17.0 Å². The number of nitrogens with two attached hydrogens (primary N) is 1. The molecule has 0 saturated carbocycles. The Morgan fingerprint density at radius 1 is 1.19 bits per heavy atom. The fraction of sp³-hybridized carbons (Fsp3) is 0.235. The molecule has 0 atom stereocenters. The number of amidine groups is 1. The number of ether oxygens (including phenoxy) is 1. The van der Waals surface area contributed by atoms with Gasteiger partial charge in [0.15, 0.2) is 0 Å². The molecule has 0 spiro atoms. The van der Waals surface area contributed by atoms with Crippen LogP contribution in [0.4, 0.5) is 5.69 Å². The molecule has 110 valence electrons. The number of nitrogen functional groups attached to an aromatic ring is 1. The predicted octanol–water partition coefficient (Wildman–Crippen LogP) is 2.92. The van der Waals surface area contributed by atoms with E-state index in [0.29, 0.717) is 12.1 Å². The second-order valence-corrected chi connectivity index (χ2v) is 5.13. The van der Waals surface area contributed by atoms with E-state index in [1.165, 1.54) is 5.56 Å². The van der Waals surface area contributed by atoms with E-state index in [1.54, 1.807) is 13.2 Å². The highest BCUT2D eigenvalue weighted by Crippen LogP contribution is 2.24. The zero-order valence-corrected chi connectivity index (χ0v) is 12.7. The highest BCUT2D eigenvalue weighted by Gasteiger charge is 2.09. The lowest BCUT2D eigenvalue weighted by molar-refractivity contribution is 0.409. The summed E-state index contributed by atoms with van der Waals surface area (Å²) in [6.07, 6.45) is 0. The van der Waals surface area contributed by atoms with Crippen LogP contribution in [0.1, 0.15) is 16.7 Å². The first kappa shape index (κ1) is 14.9. The van der Waals surface area contributed by atoms with E-state index in [1.807, 2.05) is 19.2 Å². The van der Waals surface area contributed by atoms with Crippen molar-refractivity contribution >= 4 is 11.5 Å². The van der Waals surface area contributed by atoms with Crippen molar-refractivity contribution < 1.29 is 4.74 Å². The molecule has 4 heteroatoms. The summed E-state index contributed by atoms with van der Waals surface area (Å²) in [5.74, 6) is 0.871. The van der Waals surface area contributed by atoms with Crippen LogP contribution in [-0.2, 0) is 6.54 Å². The van der Waals surface area contributed by atoms with Crippen LogP contribution in [0.3, 0.4) is 0 Å². The lowest BCUT2D eigenvalue weighted by Crippen LogP contribution is -2.18. The molecule has 0 aliphatic heterocycles. The van der Waals surface area contributed by atoms with Gasteiger partial charge in [0.05, 0.1) is 7.11 Å². The Morgan fingerprint density at radius 3 is 2.43 bits per heavy atom. The molecular weight excluding hydrogens is 262 g/mol. The molecule has 0 aromatic heterocycles. The first-order chi connectivity index (χ1) is 10.0. The minimum Gasteiger partial charge on any atom is -0.496 e. The monoisotopic (exact) mass is 283 g/mol. The van der Waals surface area contributed by atoms with Crippen LogP contribution in [0.5, 0.6) is 5.75 Å². The predicted molar refractivity (Wildman–Crippen MR) is 87.3 cm³/mol. The van der Waals surface area contributed by atoms with Gasteiger partial charge in [0.25, 0.3) is 0 Å². The average Bonchev–Trinajstić information content (AvgIpc) is 2.47. The minimum atomic E-state index is 0.0666. The lowest BCUT2D eigenvalue weighted by atomic mass is 10.1. The summed E-state index contributed by atoms with van der Waals surface area (Å²) in [7, 11) is 3.68. The van der Waals surface area contributed by atoms with Gasteiger partial charge < -0.3 is 15.4 Å². The fourth-order valence-electron chi connectivity index (χ4n) is 2.22. The largest absolute Gasteiger partial charge is 0.496 e. The number of aryl methyl sites for hydroxylation is 1. The Morgan fingerprint density at radius 2 is 1.86 bits per heavy atom. The number of hydrogen-bond donors (Lipinski definition) is 2. The standard InChI is InChI=1S/C17H21N3O/c1-12-4-7-15(8-5-12)20(2)11-14-10-13(17(18)19)6-9-16(14)21-3/h4-10H,11H2,1-3H3,(H3,18,19). The molecule has 0 unspecified atom stereocenters. The van der Waals surface area contributed by atoms with Crippen molar-refractivity contribution in [3.63, 3.8) is 0 Å². The van der Waals surface area contributed by atoms with Gasteiger partial charge in [0.2, 0.25) is 0 Å². The molecule has 0 fully saturated rings. The number of nitrogens with one attached hydrogen (secondary N) is 1. The van der Waals surface area contributed by atoms with Gasteiger partial charge in [-0.1, -0.05) is 17.7 Å². The highest BCUT2D eigenvalue weighted by molar-refractivity contribution is 5.95. The molecular formula is C17H21N3O. The zero-order chi connectivity index (χ0) is 15.4. The summed E-state index contributed by atoms with van der Waals surface area (Å²) in [6, 6.07) is 13.9. The van der Waals surface area contributed by atoms with Crippen molar-refractivity contribution in [1.82, 2.24) is 0 Å². The normalized spacial score (nSPS) is 10.2. The first-order valence-electron chi connectivity index (χ1n) is 6.80. The van der Waals surface area contributed by atoms with Crippen molar-refractivity contribution in [3.8, 4) is 5.75 Å². The van der Waals surface area contributed by atoms with Gasteiger partial charge in [-0.25, -0.2) is 0 Å². The van der Waals surface area contributed by atoms with Gasteiger partial charge >= 0.3 is 0 Å². The zero-order valence-electron chi connectivity index (χ0n) is 12.7. The van der Waals surface area contributed by atoms with E-state index in [-0.39, 0.29) is 5.84 Å². The Bertz CT molecular complexity index is 635. The fourth-order valence-corrected chi connectivity index (χ4v) is 2.22. The third-order valence-corrected chi connectivity index (χ3v) is 3.47. The summed E-state index contributed by atoms with van der Waals surface area (Å²) in [5, 5.41) is 7.55. The molecule has 0 radical (unpaired) electrons. The number of benzene rings is 2. The summed E-state index contributed by atoms with van der Waals surface area (Å²) in [5.41, 5.74) is 9.65. The van der Waals surface area contributed by atoms with Crippen molar-refractivity contribution in [2.75, 3.05) is 19.1 Å². The molecule has 2 rings (SSSR count). The number of methoxy groups -OCH3 is 1. The molecule has 21 heavy (non-hydrogen) atoms. The second kappa shape index (κ2) is 6.31. The molecule has 0 bridgehead atoms. The first-order valence-corrected chi connectivity index (χ1v) is 6.80. The molecule has 0 amide bonds. The molecule has 2 aromatic carbocycles. The smallest absolute Gasteiger partial charge is 0.123 e. The minimum absolute atomic E-state index is 0.0666. The van der Waals surface area contributed by atoms with Crippen LogP contribution >= 0.6 is 0 Å². The van der Waals surface area contributed by atoms with Gasteiger partial charge in [-0.05, 0) is 37.3 Å². The maximum atomic E-state index is 7.55. The van der Waals surface area contributed by atoms with Gasteiger partial charge in [-0.3, -0.25) is 5.41 Å². The van der Waals surface area contributed by atoms with E-state index >= 15 is 0 Å². The van der Waals surface area contributed by atoms with E-state index < -0.39 is 0 Å². The third-order valence-electron chi connectivity index (χ3n) is 3.47. The topological polar surface area (TPSA) is 62.3 Å². The van der Waals surface area contributed by atoms with E-state index in [9.17, 15) is 0 Å². The van der Waals surface area contributed by atoms with Crippen LogP contribution in [0.2, 0.25) is 0 Å². The second-order valence-electron chi connectivity index (χ2n) is 5.13. The van der Waals surface area contributed by atoms with Crippen molar-refractivity contribution in [3.05, 3.63) is 59.2 Å². The number of anilines is 1. The van der Waals surface area contributed by atoms with Gasteiger partial charge in [-0.15, -0.1) is 0 Å². The Balaban J connectivity index is 2.26. The quantitative estimate of drug-likeness (QED) is 0.655. The Kier molecular flexibility index (Phi) is 4.48. The van der Waals surface area contributed by atoms with Crippen LogP contribution in [0, 0.1) is 12.3 Å². The summed E-state index contributed by atoms with van der Waals surface area (Å²) >= 11 is 0. The maximum Gasteiger partial charge on any atom is 0.123 e. The highest BCUT2D eigenvalue weighted by atomic mass is 16.5. The van der Waals surface area contributed by atoms with E-state index in [4.69, 9.17) is 15.9 Å². The molecule has 4 nitrogen and oxygen atoms in total. The number of rotatable bonds is 5. The van der Waals surface area contributed by atoms with Crippen LogP contribution < -0.4 is 15.4 Å². The molecule has 0 aliphatic carbocycles. The number of nitrogens with zero attached hydrogens (tertiary/aromatic N) is 1. The van der Waals surface area contributed by atoms with Crippen molar-refractivity contribution in [2.45, 2.75) is 13.5 Å². The van der Waals surface area contributed by atoms with Gasteiger partial charge in [-0.2, -0.15) is 0 Å². The lowest BCUT2D eigenvalue weighted by Gasteiger charge is -2.21. The summed E-state index contributed by atoms with van der Waals surface area (Å²) in [4.78, 5) is 2.14. The Labute approximate surface area is 125 Å². The van der Waals surface area contributed by atoms with Crippen LogP contribution in [-0.4, -0.2) is 20.0 Å². The summed E-state index contributed by atoms with van der Waals surface area (Å²) in [6.45, 7) is 2.76. The molecule has 3 N–H and O–H groups in total. The Hall–Kier alpha value is -2.49. The van der Waals surface area contributed by atoms with E-state index in [2.05, 4.69) is 36.1 Å². The third kappa shape index (κ3) is 3.54. The molecule has 0 saturated heterocycles. The molecule has 2 aromatic rings. The van der Waals surface area contributed by atoms with Gasteiger partial charge in [0, 0.05) is 30.4 Å². The molecule has 0 aliphatic rings. The van der Waals surface area contributed by atoms with Crippen LogP contribution in [0.15, 0.2) is 42.5 Å². The summed E-state index contributed by atoms with van der Waals surface area (Å²) < 4.78 is 5.40. The number of hydrogen-bond acceptors (Lipinski definition) is 3. The van der Waals surface area contributed by atoms with Gasteiger partial charge in [0.1, 0.15) is 11.6 Å². The molecule has 0 heterocycles. The van der Waals surface area contributed by atoms with Crippen molar-refractivity contribution in [1.29, 1.82) is 5.41 Å².